The smallest absolute Gasteiger partial charge is 0.193 e. The number of aliphatic imine (C=N–C) groups is 1. The van der Waals surface area contributed by atoms with Gasteiger partial charge in [0, 0.05) is 26.2 Å². The lowest BCUT2D eigenvalue weighted by atomic mass is 9.91. The molecule has 0 amide bonds. The van der Waals surface area contributed by atoms with E-state index in [1.54, 1.807) is 13.8 Å². The Hall–Kier alpha value is -0.780. The first-order valence-corrected chi connectivity index (χ1v) is 9.89. The van der Waals surface area contributed by atoms with Gasteiger partial charge in [-0.2, -0.15) is 0 Å². The van der Waals surface area contributed by atoms with Gasteiger partial charge in [-0.1, -0.05) is 20.8 Å². The Balaban J connectivity index is 2.71. The molecule has 0 radical (unpaired) electrons. The maximum Gasteiger partial charge on any atom is 0.193 e. The highest BCUT2D eigenvalue weighted by Gasteiger charge is 2.40. The number of sulfone groups is 1. The largest absolute Gasteiger partial charge is 0.357 e. The highest BCUT2D eigenvalue weighted by atomic mass is 32.2. The van der Waals surface area contributed by atoms with E-state index in [4.69, 9.17) is 4.99 Å². The number of nitrogens with zero attached hydrogens (tertiary/aromatic N) is 2. The SMILES string of the molecule is CCNC(=NCCCC(C)(C)C)N1CCS(=O)(=O)C(C)(C)C1. The van der Waals surface area contributed by atoms with Crippen molar-refractivity contribution < 1.29 is 8.42 Å². The summed E-state index contributed by atoms with van der Waals surface area (Å²) < 4.78 is 23.5. The molecule has 22 heavy (non-hydrogen) atoms. The Bertz CT molecular complexity index is 490. The minimum Gasteiger partial charge on any atom is -0.357 e. The molecule has 0 unspecified atom stereocenters. The minimum atomic E-state index is -3.01. The van der Waals surface area contributed by atoms with Gasteiger partial charge in [-0.05, 0) is 39.0 Å². The molecule has 1 fully saturated rings. The van der Waals surface area contributed by atoms with Crippen molar-refractivity contribution in [2.24, 2.45) is 10.4 Å². The molecule has 6 heteroatoms. The van der Waals surface area contributed by atoms with Gasteiger partial charge in [0.2, 0.25) is 0 Å². The maximum atomic E-state index is 12.1. The summed E-state index contributed by atoms with van der Waals surface area (Å²) in [6.45, 7) is 15.0. The Morgan fingerprint density at radius 2 is 1.95 bits per heavy atom. The van der Waals surface area contributed by atoms with Crippen LogP contribution >= 0.6 is 0 Å². The first kappa shape index (κ1) is 19.3. The zero-order valence-corrected chi connectivity index (χ0v) is 15.9. The molecule has 0 spiro atoms. The minimum absolute atomic E-state index is 0.201. The van der Waals surface area contributed by atoms with Crippen molar-refractivity contribution in [3.05, 3.63) is 0 Å². The van der Waals surface area contributed by atoms with Crippen molar-refractivity contribution in [2.45, 2.75) is 59.1 Å². The summed E-state index contributed by atoms with van der Waals surface area (Å²) in [7, 11) is -3.01. The van der Waals surface area contributed by atoms with Crippen LogP contribution in [0, 0.1) is 5.41 Å². The van der Waals surface area contributed by atoms with Crippen molar-refractivity contribution in [1.29, 1.82) is 0 Å². The predicted octanol–water partition coefficient (Wildman–Crippen LogP) is 2.29. The highest BCUT2D eigenvalue weighted by Crippen LogP contribution is 2.24. The molecule has 0 saturated carbocycles. The molecule has 0 aromatic heterocycles. The van der Waals surface area contributed by atoms with Gasteiger partial charge in [0.05, 0.1) is 10.5 Å². The second-order valence-electron chi connectivity index (χ2n) is 7.90. The fourth-order valence-corrected chi connectivity index (χ4v) is 3.91. The molecule has 1 aliphatic heterocycles. The average Bonchev–Trinajstić information content (AvgIpc) is 2.35. The zero-order chi connectivity index (χ0) is 17.0. The molecule has 1 saturated heterocycles. The Morgan fingerprint density at radius 3 is 2.45 bits per heavy atom. The lowest BCUT2D eigenvalue weighted by Crippen LogP contribution is -2.57. The van der Waals surface area contributed by atoms with Crippen molar-refractivity contribution >= 4 is 15.8 Å². The first-order valence-electron chi connectivity index (χ1n) is 8.24. The molecular weight excluding hydrogens is 298 g/mol. The third-order valence-electron chi connectivity index (χ3n) is 4.02. The lowest BCUT2D eigenvalue weighted by Gasteiger charge is -2.39. The van der Waals surface area contributed by atoms with E-state index in [-0.39, 0.29) is 5.75 Å². The van der Waals surface area contributed by atoms with E-state index in [1.807, 2.05) is 6.92 Å². The zero-order valence-electron chi connectivity index (χ0n) is 15.1. The lowest BCUT2D eigenvalue weighted by molar-refractivity contribution is 0.350. The van der Waals surface area contributed by atoms with E-state index in [0.29, 0.717) is 18.5 Å². The molecule has 1 N–H and O–H groups in total. The summed E-state index contributed by atoms with van der Waals surface area (Å²) in [4.78, 5) is 6.78. The normalized spacial score (nSPS) is 21.7. The molecule has 0 bridgehead atoms. The van der Waals surface area contributed by atoms with Crippen LogP contribution in [0.15, 0.2) is 4.99 Å². The van der Waals surface area contributed by atoms with Gasteiger partial charge in [0.1, 0.15) is 0 Å². The van der Waals surface area contributed by atoms with Crippen LogP contribution in [0.2, 0.25) is 0 Å². The molecule has 0 aliphatic carbocycles. The Kier molecular flexibility index (Phi) is 6.30. The number of rotatable bonds is 4. The van der Waals surface area contributed by atoms with Gasteiger partial charge >= 0.3 is 0 Å². The molecule has 0 atom stereocenters. The topological polar surface area (TPSA) is 61.8 Å². The van der Waals surface area contributed by atoms with Crippen molar-refractivity contribution in [1.82, 2.24) is 10.2 Å². The van der Waals surface area contributed by atoms with E-state index in [9.17, 15) is 8.42 Å². The van der Waals surface area contributed by atoms with Gasteiger partial charge in [-0.25, -0.2) is 8.42 Å². The molecule has 1 heterocycles. The number of hydrogen-bond donors (Lipinski definition) is 1. The van der Waals surface area contributed by atoms with E-state index in [2.05, 4.69) is 31.0 Å². The van der Waals surface area contributed by atoms with Crippen LogP contribution in [0.3, 0.4) is 0 Å². The van der Waals surface area contributed by atoms with E-state index < -0.39 is 14.6 Å². The van der Waals surface area contributed by atoms with E-state index in [0.717, 1.165) is 31.9 Å². The number of hydrogen-bond acceptors (Lipinski definition) is 3. The Morgan fingerprint density at radius 1 is 1.32 bits per heavy atom. The van der Waals surface area contributed by atoms with Crippen LogP contribution in [0.25, 0.3) is 0 Å². The van der Waals surface area contributed by atoms with Crippen LogP contribution < -0.4 is 5.32 Å². The molecule has 5 nitrogen and oxygen atoms in total. The molecule has 130 valence electrons. The van der Waals surface area contributed by atoms with E-state index in [1.165, 1.54) is 0 Å². The van der Waals surface area contributed by atoms with Crippen molar-refractivity contribution in [3.8, 4) is 0 Å². The predicted molar refractivity (Wildman–Crippen MR) is 94.1 cm³/mol. The van der Waals surface area contributed by atoms with Gasteiger partial charge in [0.25, 0.3) is 0 Å². The van der Waals surface area contributed by atoms with Crippen LogP contribution in [-0.4, -0.2) is 56.0 Å². The van der Waals surface area contributed by atoms with Crippen LogP contribution in [0.5, 0.6) is 0 Å². The number of guanidine groups is 1. The fourth-order valence-electron chi connectivity index (χ4n) is 2.54. The maximum absolute atomic E-state index is 12.1. The molecule has 1 rings (SSSR count). The molecule has 0 aromatic carbocycles. The highest BCUT2D eigenvalue weighted by molar-refractivity contribution is 7.92. The van der Waals surface area contributed by atoms with Crippen molar-refractivity contribution in [2.75, 3.05) is 31.9 Å². The van der Waals surface area contributed by atoms with E-state index >= 15 is 0 Å². The summed E-state index contributed by atoms with van der Waals surface area (Å²) in [6, 6.07) is 0. The summed E-state index contributed by atoms with van der Waals surface area (Å²) in [6.07, 6.45) is 2.18. The second-order valence-corrected chi connectivity index (χ2v) is 10.6. The average molecular weight is 332 g/mol. The third kappa shape index (κ3) is 5.45. The summed E-state index contributed by atoms with van der Waals surface area (Å²) in [5.41, 5.74) is 0.328. The van der Waals surface area contributed by atoms with Gasteiger partial charge < -0.3 is 10.2 Å². The van der Waals surface area contributed by atoms with Gasteiger partial charge in [-0.15, -0.1) is 0 Å². The monoisotopic (exact) mass is 331 g/mol. The second kappa shape index (κ2) is 7.20. The molecule has 0 aromatic rings. The molecule has 1 aliphatic rings. The van der Waals surface area contributed by atoms with Gasteiger partial charge in [0.15, 0.2) is 15.8 Å². The quantitative estimate of drug-likeness (QED) is 0.488. The van der Waals surface area contributed by atoms with Crippen LogP contribution in [0.4, 0.5) is 0 Å². The number of nitrogens with one attached hydrogen (secondary N) is 1. The summed E-state index contributed by atoms with van der Waals surface area (Å²) >= 11 is 0. The third-order valence-corrected chi connectivity index (χ3v) is 6.56. The molecular formula is C16H33N3O2S. The summed E-state index contributed by atoms with van der Waals surface area (Å²) in [5, 5.41) is 3.30. The standard InChI is InChI=1S/C16H33N3O2S/c1-7-17-14(18-10-8-9-15(2,3)4)19-11-12-22(20,21)16(5,6)13-19/h7-13H2,1-6H3,(H,17,18). The van der Waals surface area contributed by atoms with Gasteiger partial charge in [-0.3, -0.25) is 4.99 Å². The first-order chi connectivity index (χ1) is 9.98. The van der Waals surface area contributed by atoms with Crippen LogP contribution in [0.1, 0.15) is 54.4 Å². The Labute approximate surface area is 136 Å². The van der Waals surface area contributed by atoms with Crippen LogP contribution in [-0.2, 0) is 9.84 Å². The summed E-state index contributed by atoms with van der Waals surface area (Å²) in [5.74, 6) is 1.05. The fraction of sp³-hybridized carbons (Fsp3) is 0.938. The van der Waals surface area contributed by atoms with Crippen molar-refractivity contribution in [3.63, 3.8) is 0 Å².